The van der Waals surface area contributed by atoms with Crippen LogP contribution in [0.1, 0.15) is 37.4 Å². The molecule has 1 heterocycles. The second-order valence-electron chi connectivity index (χ2n) is 7.48. The van der Waals surface area contributed by atoms with Crippen LogP contribution in [0.5, 0.6) is 0 Å². The van der Waals surface area contributed by atoms with Crippen molar-refractivity contribution in [2.45, 2.75) is 19.4 Å². The molecule has 0 unspecified atom stereocenters. The van der Waals surface area contributed by atoms with Crippen molar-refractivity contribution in [1.29, 1.82) is 0 Å². The number of carboxylic acid groups (broad SMARTS) is 1. The number of ether oxygens (including phenoxy) is 1. The topological polar surface area (TPSA) is 118 Å². The van der Waals surface area contributed by atoms with Gasteiger partial charge in [-0.05, 0) is 29.2 Å². The molecule has 0 spiro atoms. The van der Waals surface area contributed by atoms with E-state index in [1.807, 2.05) is 30.2 Å². The molecule has 0 radical (unpaired) electrons. The number of thiazole rings is 1. The molecule has 1 aliphatic carbocycles. The Kier molecular flexibility index (Phi) is 6.90. The molecule has 34 heavy (non-hydrogen) atoms. The molecule has 0 atom stereocenters. The van der Waals surface area contributed by atoms with Crippen LogP contribution in [-0.4, -0.2) is 41.2 Å². The summed E-state index contributed by atoms with van der Waals surface area (Å²) in [5, 5.41) is 14.2. The molecule has 4 rings (SSSR count). The van der Waals surface area contributed by atoms with Gasteiger partial charge in [0.2, 0.25) is 0 Å². The van der Waals surface area contributed by atoms with Crippen LogP contribution in [0.4, 0.5) is 4.79 Å². The third-order valence-corrected chi connectivity index (χ3v) is 6.29. The van der Waals surface area contributed by atoms with Crippen molar-refractivity contribution < 1.29 is 24.2 Å². The quantitative estimate of drug-likeness (QED) is 0.471. The number of benzene rings is 2. The van der Waals surface area contributed by atoms with Crippen LogP contribution in [-0.2, 0) is 16.1 Å². The summed E-state index contributed by atoms with van der Waals surface area (Å²) in [4.78, 5) is 39.9. The number of alkyl carbamates (subject to hydrolysis) is 1. The standard InChI is InChI=1S/C25H21N3O5S/c1-15-23(24(31)26-12-6-11-22(29)30)28-21(34-15)13-27-25(32)33-14-20-18-9-4-2-7-16(18)17-8-3-5-10-19(17)20/h2-5,7-10,20H,12-14H2,1H3,(H,26,31)(H,27,32)(H,29,30). The highest BCUT2D eigenvalue weighted by Gasteiger charge is 2.29. The third-order valence-electron chi connectivity index (χ3n) is 5.32. The molecule has 9 heteroatoms. The number of carbonyl (C=O) groups is 3. The van der Waals surface area contributed by atoms with Gasteiger partial charge in [0, 0.05) is 16.7 Å². The van der Waals surface area contributed by atoms with Crippen LogP contribution in [0.15, 0.2) is 48.5 Å². The Morgan fingerprint density at radius 2 is 1.71 bits per heavy atom. The summed E-state index contributed by atoms with van der Waals surface area (Å²) < 4.78 is 5.52. The van der Waals surface area contributed by atoms with Gasteiger partial charge < -0.3 is 20.5 Å². The van der Waals surface area contributed by atoms with Gasteiger partial charge in [0.25, 0.3) is 5.91 Å². The minimum atomic E-state index is -1.26. The molecule has 8 nitrogen and oxygen atoms in total. The van der Waals surface area contributed by atoms with Crippen LogP contribution < -0.4 is 10.6 Å². The molecule has 0 saturated carbocycles. The van der Waals surface area contributed by atoms with Crippen molar-refractivity contribution in [2.75, 3.05) is 13.2 Å². The molecule has 0 saturated heterocycles. The Labute approximate surface area is 200 Å². The molecule has 3 N–H and O–H groups in total. The zero-order chi connectivity index (χ0) is 24.1. The predicted octanol–water partition coefficient (Wildman–Crippen LogP) is 3.31. The monoisotopic (exact) mass is 475 g/mol. The van der Waals surface area contributed by atoms with Gasteiger partial charge >= 0.3 is 12.1 Å². The van der Waals surface area contributed by atoms with E-state index < -0.39 is 18.0 Å². The maximum absolute atomic E-state index is 12.4. The van der Waals surface area contributed by atoms with E-state index in [0.717, 1.165) is 22.3 Å². The van der Waals surface area contributed by atoms with E-state index in [1.165, 1.54) is 11.3 Å². The highest BCUT2D eigenvalue weighted by molar-refractivity contribution is 7.11. The summed E-state index contributed by atoms with van der Waals surface area (Å²) in [6.07, 6.45) is -0.565. The molecule has 0 aliphatic heterocycles. The second kappa shape index (κ2) is 10.2. The van der Waals surface area contributed by atoms with Crippen molar-refractivity contribution in [3.8, 4) is 23.0 Å². The van der Waals surface area contributed by atoms with E-state index in [2.05, 4.69) is 45.8 Å². The van der Waals surface area contributed by atoms with Crippen LogP contribution in [0.2, 0.25) is 0 Å². The number of rotatable bonds is 6. The summed E-state index contributed by atoms with van der Waals surface area (Å²) in [5.74, 6) is 2.49. The average Bonchev–Trinajstić information content (AvgIpc) is 3.36. The highest BCUT2D eigenvalue weighted by Crippen LogP contribution is 2.44. The first-order valence-electron chi connectivity index (χ1n) is 10.5. The third kappa shape index (κ3) is 5.08. The van der Waals surface area contributed by atoms with Gasteiger partial charge in [0.1, 0.15) is 17.3 Å². The number of carbonyl (C=O) groups excluding carboxylic acids is 2. The van der Waals surface area contributed by atoms with Crippen LogP contribution in [0, 0.1) is 18.8 Å². The van der Waals surface area contributed by atoms with E-state index >= 15 is 0 Å². The van der Waals surface area contributed by atoms with Crippen molar-refractivity contribution in [3.63, 3.8) is 0 Å². The summed E-state index contributed by atoms with van der Waals surface area (Å²) >= 11 is 1.28. The number of nitrogens with zero attached hydrogens (tertiary/aromatic N) is 1. The maximum Gasteiger partial charge on any atom is 0.407 e. The zero-order valence-corrected chi connectivity index (χ0v) is 19.1. The van der Waals surface area contributed by atoms with Crippen molar-refractivity contribution in [1.82, 2.24) is 15.6 Å². The minimum absolute atomic E-state index is 0.0280. The molecule has 1 aliphatic rings. The lowest BCUT2D eigenvalue weighted by Crippen LogP contribution is -2.26. The number of fused-ring (bicyclic) bond motifs is 3. The van der Waals surface area contributed by atoms with Crippen LogP contribution in [0.25, 0.3) is 11.1 Å². The molecular weight excluding hydrogens is 454 g/mol. The number of nitrogens with one attached hydrogen (secondary N) is 2. The lowest BCUT2D eigenvalue weighted by atomic mass is 9.98. The SMILES string of the molecule is Cc1sc(CNC(=O)OCC2c3ccccc3-c3ccccc32)nc1C(=O)NCC#CC(=O)O. The second-order valence-corrected chi connectivity index (χ2v) is 8.77. The highest BCUT2D eigenvalue weighted by atomic mass is 32.1. The Morgan fingerprint density at radius 3 is 2.35 bits per heavy atom. The molecule has 3 aromatic rings. The van der Waals surface area contributed by atoms with Gasteiger partial charge in [-0.3, -0.25) is 4.79 Å². The summed E-state index contributed by atoms with van der Waals surface area (Å²) in [6, 6.07) is 16.2. The Balaban J connectivity index is 1.31. The predicted molar refractivity (Wildman–Crippen MR) is 127 cm³/mol. The first-order valence-corrected chi connectivity index (χ1v) is 11.3. The van der Waals surface area contributed by atoms with E-state index in [0.29, 0.717) is 9.88 Å². The summed E-state index contributed by atoms with van der Waals surface area (Å²) in [7, 11) is 0. The van der Waals surface area contributed by atoms with Crippen molar-refractivity contribution in [3.05, 3.63) is 75.2 Å². The Hall–Kier alpha value is -4.16. The Morgan fingerprint density at radius 1 is 1.06 bits per heavy atom. The fraction of sp³-hybridized carbons (Fsp3) is 0.200. The van der Waals surface area contributed by atoms with Crippen molar-refractivity contribution >= 4 is 29.3 Å². The zero-order valence-electron chi connectivity index (χ0n) is 18.3. The maximum atomic E-state index is 12.4. The number of carboxylic acids is 1. The molecule has 172 valence electrons. The van der Waals surface area contributed by atoms with Crippen molar-refractivity contribution in [2.24, 2.45) is 0 Å². The fourth-order valence-electron chi connectivity index (χ4n) is 3.86. The van der Waals surface area contributed by atoms with E-state index in [4.69, 9.17) is 9.84 Å². The number of aromatic nitrogens is 1. The molecule has 1 aromatic heterocycles. The van der Waals surface area contributed by atoms with Gasteiger partial charge in [0.15, 0.2) is 0 Å². The number of aliphatic carboxylic acids is 1. The number of aryl methyl sites for hydroxylation is 1. The smallest absolute Gasteiger partial charge is 0.407 e. The average molecular weight is 476 g/mol. The molecule has 2 amide bonds. The van der Waals surface area contributed by atoms with Gasteiger partial charge in [-0.1, -0.05) is 54.5 Å². The molecule has 0 fully saturated rings. The molecule has 2 aromatic carbocycles. The van der Waals surface area contributed by atoms with Gasteiger partial charge in [0.05, 0.1) is 13.1 Å². The van der Waals surface area contributed by atoms with E-state index in [1.54, 1.807) is 6.92 Å². The van der Waals surface area contributed by atoms with E-state index in [9.17, 15) is 14.4 Å². The number of amides is 2. The van der Waals surface area contributed by atoms with Gasteiger partial charge in [-0.15, -0.1) is 11.3 Å². The minimum Gasteiger partial charge on any atom is -0.472 e. The summed E-state index contributed by atoms with van der Waals surface area (Å²) in [5.41, 5.74) is 4.80. The van der Waals surface area contributed by atoms with Gasteiger partial charge in [-0.25, -0.2) is 14.6 Å². The fourth-order valence-corrected chi connectivity index (χ4v) is 4.73. The number of hydrogen-bond acceptors (Lipinski definition) is 6. The first-order chi connectivity index (χ1) is 16.4. The number of hydrogen-bond donors (Lipinski definition) is 3. The first kappa shape index (κ1) is 23.0. The molecular formula is C25H21N3O5S. The normalized spacial score (nSPS) is 11.6. The molecule has 0 bridgehead atoms. The summed E-state index contributed by atoms with van der Waals surface area (Å²) in [6.45, 7) is 1.97. The Bertz CT molecular complexity index is 1280. The van der Waals surface area contributed by atoms with Crippen LogP contribution >= 0.6 is 11.3 Å². The van der Waals surface area contributed by atoms with E-state index in [-0.39, 0.29) is 31.3 Å². The largest absolute Gasteiger partial charge is 0.472 e. The lowest BCUT2D eigenvalue weighted by Gasteiger charge is -2.14. The lowest BCUT2D eigenvalue weighted by molar-refractivity contribution is -0.130. The van der Waals surface area contributed by atoms with Crippen LogP contribution in [0.3, 0.4) is 0 Å². The van der Waals surface area contributed by atoms with Gasteiger partial charge in [-0.2, -0.15) is 0 Å².